The van der Waals surface area contributed by atoms with Gasteiger partial charge >= 0.3 is 5.97 Å². The van der Waals surface area contributed by atoms with Gasteiger partial charge < -0.3 is 5.11 Å². The minimum atomic E-state index is -1.57. The first kappa shape index (κ1) is 14.6. The van der Waals surface area contributed by atoms with Gasteiger partial charge in [0.15, 0.2) is 0 Å². The summed E-state index contributed by atoms with van der Waals surface area (Å²) in [7, 11) is 0. The predicted octanol–water partition coefficient (Wildman–Crippen LogP) is 3.68. The number of rotatable bonds is 4. The maximum absolute atomic E-state index is 13.8. The number of carbonyl (C=O) groups is 1. The molecule has 0 saturated carbocycles. The van der Waals surface area contributed by atoms with Crippen molar-refractivity contribution in [2.75, 3.05) is 0 Å². The molecule has 0 atom stereocenters. The largest absolute Gasteiger partial charge is 0.481 e. The molecule has 1 aromatic carbocycles. The Labute approximate surface area is 106 Å². The highest BCUT2D eigenvalue weighted by Crippen LogP contribution is 2.29. The van der Waals surface area contributed by atoms with Crippen LogP contribution in [0.3, 0.4) is 0 Å². The van der Waals surface area contributed by atoms with Gasteiger partial charge in [-0.1, -0.05) is 6.07 Å². The van der Waals surface area contributed by atoms with Crippen molar-refractivity contribution in [1.82, 2.24) is 0 Å². The van der Waals surface area contributed by atoms with Gasteiger partial charge in [0.2, 0.25) is 0 Å². The molecule has 0 bridgehead atoms. The molecule has 0 radical (unpaired) electrons. The second-order valence-electron chi connectivity index (χ2n) is 5.64. The molecular formula is C14H18F2O2. The van der Waals surface area contributed by atoms with E-state index < -0.39 is 22.9 Å². The Morgan fingerprint density at radius 2 is 1.83 bits per heavy atom. The third-order valence-corrected chi connectivity index (χ3v) is 2.94. The second-order valence-corrected chi connectivity index (χ2v) is 5.64. The van der Waals surface area contributed by atoms with E-state index in [1.807, 2.05) is 0 Å². The Morgan fingerprint density at radius 3 is 2.28 bits per heavy atom. The highest BCUT2D eigenvalue weighted by Gasteiger charge is 2.29. The lowest BCUT2D eigenvalue weighted by molar-refractivity contribution is -0.146. The van der Waals surface area contributed by atoms with Crippen LogP contribution in [0.2, 0.25) is 0 Å². The van der Waals surface area contributed by atoms with Crippen molar-refractivity contribution < 1.29 is 18.7 Å². The van der Waals surface area contributed by atoms with Crippen LogP contribution in [0, 0.1) is 11.2 Å². The summed E-state index contributed by atoms with van der Waals surface area (Å²) in [5.74, 6) is -1.51. The highest BCUT2D eigenvalue weighted by atomic mass is 19.1. The molecule has 0 fully saturated rings. The van der Waals surface area contributed by atoms with Gasteiger partial charge in [0.1, 0.15) is 11.5 Å². The van der Waals surface area contributed by atoms with Crippen LogP contribution < -0.4 is 0 Å². The molecule has 0 aromatic heterocycles. The topological polar surface area (TPSA) is 37.3 Å². The van der Waals surface area contributed by atoms with Crippen LogP contribution in [0.5, 0.6) is 0 Å². The van der Waals surface area contributed by atoms with E-state index in [4.69, 9.17) is 5.11 Å². The fourth-order valence-corrected chi connectivity index (χ4v) is 1.63. The Balaban J connectivity index is 3.14. The normalized spacial score (nSPS) is 12.6. The number of carboxylic acids is 1. The Kier molecular flexibility index (Phi) is 3.79. The molecule has 0 amide bonds. The van der Waals surface area contributed by atoms with Crippen LogP contribution in [-0.4, -0.2) is 11.1 Å². The molecule has 0 aliphatic heterocycles. The maximum Gasteiger partial charge on any atom is 0.309 e. The molecule has 0 heterocycles. The quantitative estimate of drug-likeness (QED) is 0.892. The van der Waals surface area contributed by atoms with E-state index in [1.165, 1.54) is 45.9 Å². The van der Waals surface area contributed by atoms with Crippen LogP contribution >= 0.6 is 0 Å². The minimum absolute atomic E-state index is 0.0259. The molecule has 1 rings (SSSR count). The molecule has 1 aromatic rings. The summed E-state index contributed by atoms with van der Waals surface area (Å²) in [6, 6.07) is 3.97. The fraction of sp³-hybridized carbons (Fsp3) is 0.500. The number of aliphatic carboxylic acids is 1. The third kappa shape index (κ3) is 3.28. The Morgan fingerprint density at radius 1 is 1.28 bits per heavy atom. The molecule has 0 aliphatic rings. The van der Waals surface area contributed by atoms with E-state index in [0.717, 1.165) is 0 Å². The summed E-state index contributed by atoms with van der Waals surface area (Å²) in [6.45, 7) is 5.79. The number of carboxylic acid groups (broad SMARTS) is 1. The molecular weight excluding hydrogens is 238 g/mol. The van der Waals surface area contributed by atoms with Gasteiger partial charge in [0.25, 0.3) is 0 Å². The van der Waals surface area contributed by atoms with Crippen molar-refractivity contribution in [2.45, 2.75) is 39.8 Å². The SMILES string of the molecule is CC(C)(Cc1cc(C(C)(C)F)ccc1F)C(=O)O. The number of alkyl halides is 1. The van der Waals surface area contributed by atoms with Gasteiger partial charge in [-0.25, -0.2) is 8.78 Å². The molecule has 0 spiro atoms. The predicted molar refractivity (Wildman–Crippen MR) is 65.7 cm³/mol. The molecule has 18 heavy (non-hydrogen) atoms. The molecule has 0 saturated heterocycles. The third-order valence-electron chi connectivity index (χ3n) is 2.94. The summed E-state index contributed by atoms with van der Waals surface area (Å²) >= 11 is 0. The molecule has 0 aliphatic carbocycles. The Bertz CT molecular complexity index is 459. The van der Waals surface area contributed by atoms with Crippen molar-refractivity contribution in [3.05, 3.63) is 35.1 Å². The first-order valence-electron chi connectivity index (χ1n) is 5.75. The average molecular weight is 256 g/mol. The van der Waals surface area contributed by atoms with Gasteiger partial charge in [-0.05, 0) is 57.4 Å². The van der Waals surface area contributed by atoms with Crippen LogP contribution in [0.15, 0.2) is 18.2 Å². The van der Waals surface area contributed by atoms with E-state index in [0.29, 0.717) is 5.56 Å². The van der Waals surface area contributed by atoms with E-state index in [1.54, 1.807) is 0 Å². The molecule has 2 nitrogen and oxygen atoms in total. The monoisotopic (exact) mass is 256 g/mol. The molecule has 0 unspecified atom stereocenters. The first-order valence-corrected chi connectivity index (χ1v) is 5.75. The summed E-state index contributed by atoms with van der Waals surface area (Å²) in [4.78, 5) is 11.0. The summed E-state index contributed by atoms with van der Waals surface area (Å²) in [5.41, 5.74) is -2.08. The van der Waals surface area contributed by atoms with Gasteiger partial charge in [0, 0.05) is 0 Å². The van der Waals surface area contributed by atoms with Gasteiger partial charge in [-0.15, -0.1) is 0 Å². The minimum Gasteiger partial charge on any atom is -0.481 e. The zero-order valence-electron chi connectivity index (χ0n) is 11.1. The number of hydrogen-bond donors (Lipinski definition) is 1. The lowest BCUT2D eigenvalue weighted by atomic mass is 9.84. The fourth-order valence-electron chi connectivity index (χ4n) is 1.63. The van der Waals surface area contributed by atoms with Crippen LogP contribution in [-0.2, 0) is 16.9 Å². The lowest BCUT2D eigenvalue weighted by Crippen LogP contribution is -2.27. The summed E-state index contributed by atoms with van der Waals surface area (Å²) in [5, 5.41) is 9.03. The zero-order chi connectivity index (χ0) is 14.1. The molecule has 100 valence electrons. The van der Waals surface area contributed by atoms with Crippen LogP contribution in [0.1, 0.15) is 38.8 Å². The van der Waals surface area contributed by atoms with E-state index in [9.17, 15) is 13.6 Å². The Hall–Kier alpha value is -1.45. The van der Waals surface area contributed by atoms with Crippen LogP contribution in [0.25, 0.3) is 0 Å². The van der Waals surface area contributed by atoms with E-state index in [-0.39, 0.29) is 12.0 Å². The first-order chi connectivity index (χ1) is 8.04. The highest BCUT2D eigenvalue weighted by molar-refractivity contribution is 5.74. The second kappa shape index (κ2) is 4.67. The zero-order valence-corrected chi connectivity index (χ0v) is 11.1. The van der Waals surface area contributed by atoms with Crippen molar-refractivity contribution in [1.29, 1.82) is 0 Å². The summed E-state index contributed by atoms with van der Waals surface area (Å²) < 4.78 is 27.4. The van der Waals surface area contributed by atoms with Gasteiger partial charge in [-0.3, -0.25) is 4.79 Å². The van der Waals surface area contributed by atoms with Gasteiger partial charge in [-0.2, -0.15) is 0 Å². The summed E-state index contributed by atoms with van der Waals surface area (Å²) in [6.07, 6.45) is 0.0259. The van der Waals surface area contributed by atoms with Crippen molar-refractivity contribution in [3.8, 4) is 0 Å². The maximum atomic E-state index is 13.8. The number of benzene rings is 1. The average Bonchev–Trinajstić information content (AvgIpc) is 2.19. The molecule has 1 N–H and O–H groups in total. The molecule has 4 heteroatoms. The van der Waals surface area contributed by atoms with E-state index in [2.05, 4.69) is 0 Å². The van der Waals surface area contributed by atoms with Crippen LogP contribution in [0.4, 0.5) is 8.78 Å². The van der Waals surface area contributed by atoms with Gasteiger partial charge in [0.05, 0.1) is 5.41 Å². The van der Waals surface area contributed by atoms with Crippen molar-refractivity contribution in [3.63, 3.8) is 0 Å². The van der Waals surface area contributed by atoms with E-state index >= 15 is 0 Å². The number of hydrogen-bond acceptors (Lipinski definition) is 1. The van der Waals surface area contributed by atoms with Crippen molar-refractivity contribution >= 4 is 5.97 Å². The number of halogens is 2. The lowest BCUT2D eigenvalue weighted by Gasteiger charge is -2.21. The smallest absolute Gasteiger partial charge is 0.309 e. The van der Waals surface area contributed by atoms with Crippen molar-refractivity contribution in [2.24, 2.45) is 5.41 Å². The standard InChI is InChI=1S/C14H18F2O2/c1-13(2,12(17)18)8-9-7-10(14(3,4)16)5-6-11(9)15/h5-7H,8H2,1-4H3,(H,17,18).